The van der Waals surface area contributed by atoms with E-state index in [1.54, 1.807) is 11.7 Å². The van der Waals surface area contributed by atoms with Crippen molar-refractivity contribution >= 4 is 11.9 Å². The molecule has 21 heavy (non-hydrogen) atoms. The van der Waals surface area contributed by atoms with Crippen molar-refractivity contribution in [2.24, 2.45) is 14.1 Å². The molecule has 0 aromatic carbocycles. The topological polar surface area (TPSA) is 102 Å². The highest BCUT2D eigenvalue weighted by molar-refractivity contribution is 6.03. The van der Waals surface area contributed by atoms with Crippen LogP contribution in [0.4, 0.5) is 0 Å². The number of hydrogen-bond donors (Lipinski definition) is 2. The van der Waals surface area contributed by atoms with Crippen LogP contribution in [-0.4, -0.2) is 36.5 Å². The first-order chi connectivity index (χ1) is 9.81. The highest BCUT2D eigenvalue weighted by atomic mass is 16.4. The second-order valence-electron chi connectivity index (χ2n) is 4.87. The van der Waals surface area contributed by atoms with Crippen molar-refractivity contribution in [3.05, 3.63) is 34.9 Å². The Hall–Kier alpha value is -2.64. The summed E-state index contributed by atoms with van der Waals surface area (Å²) in [6.45, 7) is 3.67. The number of aryl methyl sites for hydroxylation is 3. The monoisotopic (exact) mass is 291 g/mol. The normalized spacial score (nSPS) is 12.2. The minimum absolute atomic E-state index is 0.0240. The van der Waals surface area contributed by atoms with Crippen molar-refractivity contribution in [2.75, 3.05) is 0 Å². The van der Waals surface area contributed by atoms with E-state index in [-0.39, 0.29) is 17.3 Å². The highest BCUT2D eigenvalue weighted by Gasteiger charge is 2.23. The third kappa shape index (κ3) is 2.78. The van der Waals surface area contributed by atoms with Crippen LogP contribution in [0.5, 0.6) is 0 Å². The molecule has 1 unspecified atom stereocenters. The Kier molecular flexibility index (Phi) is 3.79. The van der Waals surface area contributed by atoms with Crippen LogP contribution in [-0.2, 0) is 14.1 Å². The molecule has 112 valence electrons. The number of hydrogen-bond acceptors (Lipinski definition) is 4. The number of nitrogens with one attached hydrogen (secondary N) is 1. The van der Waals surface area contributed by atoms with Gasteiger partial charge in [0.15, 0.2) is 0 Å². The number of nitrogens with zero attached hydrogens (tertiary/aromatic N) is 4. The fourth-order valence-electron chi connectivity index (χ4n) is 2.25. The van der Waals surface area contributed by atoms with Gasteiger partial charge in [-0.25, -0.2) is 4.79 Å². The molecule has 0 aliphatic rings. The number of carbonyl (C=O) groups excluding carboxylic acids is 1. The van der Waals surface area contributed by atoms with Crippen LogP contribution in [0, 0.1) is 6.92 Å². The Balaban J connectivity index is 2.24. The molecule has 8 heteroatoms. The van der Waals surface area contributed by atoms with Crippen molar-refractivity contribution in [3.63, 3.8) is 0 Å². The minimum Gasteiger partial charge on any atom is -0.478 e. The molecule has 0 saturated heterocycles. The van der Waals surface area contributed by atoms with E-state index in [2.05, 4.69) is 15.5 Å². The van der Waals surface area contributed by atoms with Crippen LogP contribution in [0.25, 0.3) is 0 Å². The van der Waals surface area contributed by atoms with Gasteiger partial charge < -0.3 is 10.4 Å². The van der Waals surface area contributed by atoms with E-state index in [9.17, 15) is 9.59 Å². The maximum Gasteiger partial charge on any atom is 0.339 e. The number of carbonyl (C=O) groups is 2. The summed E-state index contributed by atoms with van der Waals surface area (Å²) in [5.74, 6) is -1.67. The minimum atomic E-state index is -1.18. The molecule has 2 N–H and O–H groups in total. The van der Waals surface area contributed by atoms with E-state index in [4.69, 9.17) is 5.11 Å². The van der Waals surface area contributed by atoms with E-state index in [1.807, 2.05) is 20.0 Å². The van der Waals surface area contributed by atoms with Gasteiger partial charge >= 0.3 is 5.97 Å². The molecule has 0 fully saturated rings. The van der Waals surface area contributed by atoms with Gasteiger partial charge in [0.2, 0.25) is 0 Å². The molecule has 1 amide bonds. The van der Waals surface area contributed by atoms with Gasteiger partial charge in [0.05, 0.1) is 17.9 Å². The van der Waals surface area contributed by atoms with Crippen LogP contribution in [0.2, 0.25) is 0 Å². The second kappa shape index (κ2) is 5.39. The number of carboxylic acid groups (broad SMARTS) is 1. The van der Waals surface area contributed by atoms with Crippen LogP contribution < -0.4 is 5.32 Å². The number of amides is 1. The molecular formula is C13H17N5O3. The lowest BCUT2D eigenvalue weighted by Gasteiger charge is -2.13. The molecule has 0 saturated carbocycles. The Labute approximate surface area is 121 Å². The lowest BCUT2D eigenvalue weighted by molar-refractivity contribution is 0.0690. The van der Waals surface area contributed by atoms with Gasteiger partial charge in [-0.1, -0.05) is 0 Å². The quantitative estimate of drug-likeness (QED) is 0.861. The molecule has 1 atom stereocenters. The van der Waals surface area contributed by atoms with Gasteiger partial charge in [0.25, 0.3) is 5.91 Å². The van der Waals surface area contributed by atoms with Crippen molar-refractivity contribution in [1.82, 2.24) is 24.9 Å². The number of aromatic carboxylic acids is 1. The predicted molar refractivity (Wildman–Crippen MR) is 74.0 cm³/mol. The van der Waals surface area contributed by atoms with Crippen LogP contribution in [0.15, 0.2) is 12.4 Å². The second-order valence-corrected chi connectivity index (χ2v) is 4.87. The lowest BCUT2D eigenvalue weighted by atomic mass is 10.1. The fourth-order valence-corrected chi connectivity index (χ4v) is 2.25. The summed E-state index contributed by atoms with van der Waals surface area (Å²) in [5, 5.41) is 19.9. The van der Waals surface area contributed by atoms with Gasteiger partial charge in [0, 0.05) is 25.9 Å². The average Bonchev–Trinajstić information content (AvgIpc) is 2.92. The van der Waals surface area contributed by atoms with Crippen molar-refractivity contribution in [2.45, 2.75) is 19.9 Å². The van der Waals surface area contributed by atoms with E-state index >= 15 is 0 Å². The number of aromatic nitrogens is 4. The van der Waals surface area contributed by atoms with Crippen LogP contribution in [0.3, 0.4) is 0 Å². The van der Waals surface area contributed by atoms with Crippen LogP contribution >= 0.6 is 0 Å². The first kappa shape index (κ1) is 14.8. The highest BCUT2D eigenvalue weighted by Crippen LogP contribution is 2.17. The summed E-state index contributed by atoms with van der Waals surface area (Å²) in [6.07, 6.45) is 2.98. The Morgan fingerprint density at radius 1 is 1.38 bits per heavy atom. The van der Waals surface area contributed by atoms with Crippen molar-refractivity contribution < 1.29 is 14.7 Å². The first-order valence-electron chi connectivity index (χ1n) is 6.37. The largest absolute Gasteiger partial charge is 0.478 e. The van der Waals surface area contributed by atoms with Crippen molar-refractivity contribution in [3.8, 4) is 0 Å². The molecule has 2 rings (SSSR count). The zero-order valence-corrected chi connectivity index (χ0v) is 12.3. The van der Waals surface area contributed by atoms with E-state index in [1.165, 1.54) is 11.7 Å². The predicted octanol–water partition coefficient (Wildman–Crippen LogP) is 0.651. The maximum atomic E-state index is 12.3. The molecular weight excluding hydrogens is 274 g/mol. The summed E-state index contributed by atoms with van der Waals surface area (Å²) >= 11 is 0. The zero-order chi connectivity index (χ0) is 15.7. The number of rotatable bonds is 4. The Morgan fingerprint density at radius 3 is 2.57 bits per heavy atom. The third-order valence-corrected chi connectivity index (χ3v) is 3.25. The molecule has 2 aromatic heterocycles. The standard InChI is InChI=1S/C13H17N5O3/c1-7(10-6-17(3)16-8(10)2)15-12(19)11-9(13(20)21)5-14-18(11)4/h5-7H,1-4H3,(H,15,19)(H,20,21). The summed E-state index contributed by atoms with van der Waals surface area (Å²) in [6, 6.07) is -0.289. The molecule has 0 bridgehead atoms. The van der Waals surface area contributed by atoms with Gasteiger partial charge in [0.1, 0.15) is 11.3 Å². The molecule has 2 aromatic rings. The van der Waals surface area contributed by atoms with E-state index in [0.29, 0.717) is 0 Å². The van der Waals surface area contributed by atoms with Gasteiger partial charge in [-0.05, 0) is 13.8 Å². The van der Waals surface area contributed by atoms with Gasteiger partial charge in [-0.15, -0.1) is 0 Å². The third-order valence-electron chi connectivity index (χ3n) is 3.25. The summed E-state index contributed by atoms with van der Waals surface area (Å²) in [4.78, 5) is 23.4. The molecule has 0 aliphatic carbocycles. The molecule has 2 heterocycles. The van der Waals surface area contributed by atoms with Gasteiger partial charge in [-0.2, -0.15) is 10.2 Å². The van der Waals surface area contributed by atoms with E-state index < -0.39 is 11.9 Å². The van der Waals surface area contributed by atoms with Crippen LogP contribution in [0.1, 0.15) is 45.1 Å². The van der Waals surface area contributed by atoms with Crippen molar-refractivity contribution in [1.29, 1.82) is 0 Å². The zero-order valence-electron chi connectivity index (χ0n) is 12.3. The average molecular weight is 291 g/mol. The Morgan fingerprint density at radius 2 is 2.05 bits per heavy atom. The summed E-state index contributed by atoms with van der Waals surface area (Å²) in [7, 11) is 3.33. The lowest BCUT2D eigenvalue weighted by Crippen LogP contribution is -2.30. The first-order valence-corrected chi connectivity index (χ1v) is 6.37. The fraction of sp³-hybridized carbons (Fsp3) is 0.385. The summed E-state index contributed by atoms with van der Waals surface area (Å²) in [5.41, 5.74) is 1.60. The molecule has 0 radical (unpaired) electrons. The maximum absolute atomic E-state index is 12.3. The smallest absolute Gasteiger partial charge is 0.339 e. The number of carboxylic acids is 1. The molecule has 0 spiro atoms. The SMILES string of the molecule is Cc1nn(C)cc1C(C)NC(=O)c1c(C(=O)O)cnn1C. The van der Waals surface area contributed by atoms with E-state index in [0.717, 1.165) is 17.5 Å². The summed E-state index contributed by atoms with van der Waals surface area (Å²) < 4.78 is 2.92. The Bertz CT molecular complexity index is 701. The molecule has 8 nitrogen and oxygen atoms in total. The molecule has 0 aliphatic heterocycles. The van der Waals surface area contributed by atoms with Gasteiger partial charge in [-0.3, -0.25) is 14.2 Å².